The maximum Gasteiger partial charge on any atom is 0.251 e. The number of likely N-dealkylation sites (N-methyl/N-ethyl adjacent to an activating group) is 1. The lowest BCUT2D eigenvalue weighted by atomic mass is 9.82. The van der Waals surface area contributed by atoms with Crippen molar-refractivity contribution in [3.8, 4) is 0 Å². The van der Waals surface area contributed by atoms with E-state index in [1.54, 1.807) is 4.90 Å². The number of aliphatic hydroxyl groups is 1. The molecule has 0 unspecified atom stereocenters. The Hall–Kier alpha value is -0.610. The number of ether oxygens (including phenoxy) is 1. The molecule has 1 aliphatic carbocycles. The predicted molar refractivity (Wildman–Crippen MR) is 55.3 cm³/mol. The van der Waals surface area contributed by atoms with E-state index in [4.69, 9.17) is 9.84 Å². The average molecular weight is 213 g/mol. The van der Waals surface area contributed by atoms with Crippen molar-refractivity contribution >= 4 is 5.91 Å². The molecule has 15 heavy (non-hydrogen) atoms. The van der Waals surface area contributed by atoms with Gasteiger partial charge in [-0.05, 0) is 31.6 Å². The third-order valence-corrected chi connectivity index (χ3v) is 3.32. The molecule has 1 N–H and O–H groups in total. The summed E-state index contributed by atoms with van der Waals surface area (Å²) in [6, 6.07) is 0. The molecular formula is C11H19NO3. The van der Waals surface area contributed by atoms with E-state index in [1.165, 1.54) is 0 Å². The standard InChI is InChI=1S/C11H19NO3/c1-12(7-8-5-9(13)6-8)11(14)10-3-2-4-15-10/h8-10,13H,2-7H2,1H3/t8?,9?,10-/m1/s1. The maximum atomic E-state index is 11.8. The number of nitrogens with zero attached hydrogens (tertiary/aromatic N) is 1. The highest BCUT2D eigenvalue weighted by atomic mass is 16.5. The highest BCUT2D eigenvalue weighted by Crippen LogP contribution is 2.28. The van der Waals surface area contributed by atoms with Gasteiger partial charge in [0.05, 0.1) is 6.10 Å². The zero-order valence-electron chi connectivity index (χ0n) is 9.19. The third kappa shape index (κ3) is 2.49. The summed E-state index contributed by atoms with van der Waals surface area (Å²) < 4.78 is 5.35. The van der Waals surface area contributed by atoms with Crippen LogP contribution in [0.25, 0.3) is 0 Å². The number of carbonyl (C=O) groups excluding carboxylic acids is 1. The smallest absolute Gasteiger partial charge is 0.251 e. The molecule has 1 saturated heterocycles. The topological polar surface area (TPSA) is 49.8 Å². The van der Waals surface area contributed by atoms with Crippen molar-refractivity contribution in [3.05, 3.63) is 0 Å². The fraction of sp³-hybridized carbons (Fsp3) is 0.909. The molecule has 2 rings (SSSR count). The Kier molecular flexibility index (Phi) is 3.26. The summed E-state index contributed by atoms with van der Waals surface area (Å²) in [6.07, 6.45) is 3.18. The van der Waals surface area contributed by atoms with Gasteiger partial charge in [-0.25, -0.2) is 0 Å². The van der Waals surface area contributed by atoms with Gasteiger partial charge in [0.25, 0.3) is 5.91 Å². The van der Waals surface area contributed by atoms with Gasteiger partial charge in [-0.1, -0.05) is 0 Å². The second kappa shape index (κ2) is 4.49. The fourth-order valence-corrected chi connectivity index (χ4v) is 2.35. The normalized spacial score (nSPS) is 34.9. The van der Waals surface area contributed by atoms with Crippen molar-refractivity contribution in [2.45, 2.75) is 37.9 Å². The lowest BCUT2D eigenvalue weighted by molar-refractivity contribution is -0.141. The summed E-state index contributed by atoms with van der Waals surface area (Å²) >= 11 is 0. The van der Waals surface area contributed by atoms with Crippen LogP contribution in [0.1, 0.15) is 25.7 Å². The van der Waals surface area contributed by atoms with Crippen LogP contribution in [0.4, 0.5) is 0 Å². The summed E-state index contributed by atoms with van der Waals surface area (Å²) in [4.78, 5) is 13.6. The SMILES string of the molecule is CN(CC1CC(O)C1)C(=O)[C@H]1CCCO1. The number of hydrogen-bond donors (Lipinski definition) is 1. The number of amides is 1. The monoisotopic (exact) mass is 213 g/mol. The summed E-state index contributed by atoms with van der Waals surface area (Å²) in [7, 11) is 1.83. The largest absolute Gasteiger partial charge is 0.393 e. The van der Waals surface area contributed by atoms with E-state index in [2.05, 4.69) is 0 Å². The molecule has 2 aliphatic rings. The second-order valence-corrected chi connectivity index (χ2v) is 4.71. The van der Waals surface area contributed by atoms with Crippen molar-refractivity contribution in [2.75, 3.05) is 20.2 Å². The van der Waals surface area contributed by atoms with Gasteiger partial charge in [0.2, 0.25) is 0 Å². The van der Waals surface area contributed by atoms with Crippen LogP contribution >= 0.6 is 0 Å². The van der Waals surface area contributed by atoms with Crippen LogP contribution in [0.15, 0.2) is 0 Å². The Labute approximate surface area is 90.2 Å². The van der Waals surface area contributed by atoms with E-state index in [1.807, 2.05) is 7.05 Å². The molecule has 4 nitrogen and oxygen atoms in total. The molecule has 0 bridgehead atoms. The van der Waals surface area contributed by atoms with Crippen LogP contribution in [0.2, 0.25) is 0 Å². The summed E-state index contributed by atoms with van der Waals surface area (Å²) in [5.41, 5.74) is 0. The van der Waals surface area contributed by atoms with Gasteiger partial charge in [-0.3, -0.25) is 4.79 Å². The van der Waals surface area contributed by atoms with Gasteiger partial charge >= 0.3 is 0 Å². The van der Waals surface area contributed by atoms with Crippen LogP contribution in [0, 0.1) is 5.92 Å². The van der Waals surface area contributed by atoms with E-state index in [0.717, 1.165) is 32.2 Å². The van der Waals surface area contributed by atoms with E-state index in [0.29, 0.717) is 12.5 Å². The molecule has 1 amide bonds. The highest BCUT2D eigenvalue weighted by Gasteiger charge is 2.32. The number of hydrogen-bond acceptors (Lipinski definition) is 3. The van der Waals surface area contributed by atoms with E-state index < -0.39 is 0 Å². The molecule has 1 saturated carbocycles. The van der Waals surface area contributed by atoms with Crippen molar-refractivity contribution in [3.63, 3.8) is 0 Å². The predicted octanol–water partition coefficient (Wildman–Crippen LogP) is 0.395. The zero-order valence-corrected chi connectivity index (χ0v) is 9.19. The minimum atomic E-state index is -0.208. The first-order chi connectivity index (χ1) is 7.16. The number of rotatable bonds is 3. The zero-order chi connectivity index (χ0) is 10.8. The minimum Gasteiger partial charge on any atom is -0.393 e. The van der Waals surface area contributed by atoms with Gasteiger partial charge in [-0.2, -0.15) is 0 Å². The van der Waals surface area contributed by atoms with Crippen molar-refractivity contribution in [1.29, 1.82) is 0 Å². The quantitative estimate of drug-likeness (QED) is 0.738. The van der Waals surface area contributed by atoms with Gasteiger partial charge < -0.3 is 14.7 Å². The van der Waals surface area contributed by atoms with E-state index >= 15 is 0 Å². The molecule has 0 radical (unpaired) electrons. The molecule has 1 aliphatic heterocycles. The first-order valence-corrected chi connectivity index (χ1v) is 5.71. The van der Waals surface area contributed by atoms with Crippen LogP contribution < -0.4 is 0 Å². The Morgan fingerprint density at radius 2 is 2.27 bits per heavy atom. The van der Waals surface area contributed by atoms with Crippen molar-refractivity contribution in [1.82, 2.24) is 4.90 Å². The molecule has 0 spiro atoms. The molecule has 0 aromatic heterocycles. The van der Waals surface area contributed by atoms with Gasteiger partial charge in [0.15, 0.2) is 0 Å². The minimum absolute atomic E-state index is 0.105. The summed E-state index contributed by atoms with van der Waals surface area (Å²) in [6.45, 7) is 1.47. The average Bonchev–Trinajstić information content (AvgIpc) is 2.66. The Morgan fingerprint density at radius 1 is 1.53 bits per heavy atom. The van der Waals surface area contributed by atoms with Crippen LogP contribution in [0.3, 0.4) is 0 Å². The lowest BCUT2D eigenvalue weighted by Gasteiger charge is -2.35. The highest BCUT2D eigenvalue weighted by molar-refractivity contribution is 5.80. The molecule has 2 fully saturated rings. The number of carbonyl (C=O) groups is 1. The van der Waals surface area contributed by atoms with Crippen molar-refractivity contribution < 1.29 is 14.6 Å². The Bertz CT molecular complexity index is 232. The molecule has 0 aromatic rings. The summed E-state index contributed by atoms with van der Waals surface area (Å²) in [5, 5.41) is 9.15. The third-order valence-electron chi connectivity index (χ3n) is 3.32. The molecule has 1 heterocycles. The fourth-order valence-electron chi connectivity index (χ4n) is 2.35. The van der Waals surface area contributed by atoms with E-state index in [9.17, 15) is 4.79 Å². The first kappa shape index (κ1) is 10.9. The molecule has 0 aromatic carbocycles. The van der Waals surface area contributed by atoms with Crippen molar-refractivity contribution in [2.24, 2.45) is 5.92 Å². The first-order valence-electron chi connectivity index (χ1n) is 5.71. The molecule has 4 heteroatoms. The molecule has 86 valence electrons. The Morgan fingerprint density at radius 3 is 2.80 bits per heavy atom. The maximum absolute atomic E-state index is 11.8. The Balaban J connectivity index is 1.74. The van der Waals surface area contributed by atoms with Crippen LogP contribution in [-0.4, -0.2) is 48.3 Å². The lowest BCUT2D eigenvalue weighted by Crippen LogP contribution is -2.43. The summed E-state index contributed by atoms with van der Waals surface area (Å²) in [5.74, 6) is 0.587. The van der Waals surface area contributed by atoms with Crippen LogP contribution in [0.5, 0.6) is 0 Å². The second-order valence-electron chi connectivity index (χ2n) is 4.71. The van der Waals surface area contributed by atoms with E-state index in [-0.39, 0.29) is 18.1 Å². The number of aliphatic hydroxyl groups excluding tert-OH is 1. The van der Waals surface area contributed by atoms with Crippen LogP contribution in [-0.2, 0) is 9.53 Å². The molecular weight excluding hydrogens is 194 g/mol. The van der Waals surface area contributed by atoms with Gasteiger partial charge in [0, 0.05) is 20.2 Å². The van der Waals surface area contributed by atoms with Gasteiger partial charge in [0.1, 0.15) is 6.10 Å². The van der Waals surface area contributed by atoms with Gasteiger partial charge in [-0.15, -0.1) is 0 Å². The molecule has 1 atom stereocenters.